The number of hydrogen-bond acceptors (Lipinski definition) is 20. The zero-order chi connectivity index (χ0) is 94.0. The van der Waals surface area contributed by atoms with Crippen molar-refractivity contribution in [3.63, 3.8) is 0 Å². The Kier molecular flexibility index (Phi) is 34.0. The molecule has 0 fully saturated rings. The number of amides is 4. The minimum absolute atomic E-state index is 0.0425. The molecule has 0 spiro atoms. The van der Waals surface area contributed by atoms with Crippen LogP contribution >= 0.6 is 0 Å². The number of carbonyl (C=O) groups excluding carboxylic acids is 4. The number of anilines is 4. The molecule has 12 N–H and O–H groups in total. The summed E-state index contributed by atoms with van der Waals surface area (Å²) in [4.78, 5) is 87.3. The van der Waals surface area contributed by atoms with Gasteiger partial charge in [-0.05, 0) is 96.8 Å². The molecule has 4 atom stereocenters. The summed E-state index contributed by atoms with van der Waals surface area (Å²) < 4.78 is 0. The fraction of sp³-hybridized carbons (Fsp3) is 0.135. The zero-order valence-corrected chi connectivity index (χ0v) is 73.7. The Balaban J connectivity index is 0.000000144. The van der Waals surface area contributed by atoms with E-state index in [9.17, 15) is 60.0 Å². The lowest BCUT2D eigenvalue weighted by Crippen LogP contribution is -2.19. The molecule has 0 saturated carbocycles. The molecule has 0 radical (unpaired) electrons. The van der Waals surface area contributed by atoms with E-state index in [1.165, 1.54) is 5.56 Å². The third kappa shape index (κ3) is 26.9. The lowest BCUT2D eigenvalue weighted by atomic mass is 10.0. The van der Waals surface area contributed by atoms with Crippen LogP contribution in [0.1, 0.15) is 133 Å². The van der Waals surface area contributed by atoms with Crippen LogP contribution in [0.25, 0.3) is 55.8 Å². The van der Waals surface area contributed by atoms with Crippen molar-refractivity contribution in [3.8, 4) is 45.0 Å². The number of aliphatic hydroxyl groups is 8. The summed E-state index contributed by atoms with van der Waals surface area (Å²) in [6.45, 7) is -0.181. The number of nitrogens with one attached hydrogen (secondary N) is 4. The summed E-state index contributed by atoms with van der Waals surface area (Å²) in [5, 5.41) is 95.0. The summed E-state index contributed by atoms with van der Waals surface area (Å²) in [6, 6.07) is 109. The van der Waals surface area contributed by atoms with Gasteiger partial charge in [0.2, 0.25) is 23.6 Å². The van der Waals surface area contributed by atoms with Gasteiger partial charge in [-0.25, -0.2) is 39.9 Å². The quantitative estimate of drug-likeness (QED) is 0.0192. The van der Waals surface area contributed by atoms with Crippen LogP contribution in [0.5, 0.6) is 0 Å². The Labute approximate surface area is 781 Å². The molecule has 17 rings (SSSR count). The first-order chi connectivity index (χ1) is 66.0. The molecule has 676 valence electrons. The molecule has 17 aromatic rings. The highest BCUT2D eigenvalue weighted by atomic mass is 16.3. The van der Waals surface area contributed by atoms with Gasteiger partial charge in [0.1, 0.15) is 47.2 Å². The second-order valence-corrected chi connectivity index (χ2v) is 31.7. The lowest BCUT2D eigenvalue weighted by molar-refractivity contribution is -0.117. The van der Waals surface area contributed by atoms with Crippen molar-refractivity contribution in [1.29, 1.82) is 0 Å². The number of rotatable bonds is 31. The van der Waals surface area contributed by atoms with Crippen LogP contribution in [0.2, 0.25) is 0 Å². The zero-order valence-electron chi connectivity index (χ0n) is 73.7. The maximum atomic E-state index is 13.0. The fourth-order valence-electron chi connectivity index (χ4n) is 14.7. The highest BCUT2D eigenvalue weighted by Gasteiger charge is 2.27. The Bertz CT molecular complexity index is 6720. The molecule has 0 aliphatic rings. The van der Waals surface area contributed by atoms with E-state index in [0.29, 0.717) is 64.3 Å². The van der Waals surface area contributed by atoms with Gasteiger partial charge in [-0.15, -0.1) is 0 Å². The first-order valence-electron chi connectivity index (χ1n) is 44.0. The number of aromatic nitrogens is 8. The molecule has 24 heteroatoms. The molecule has 135 heavy (non-hydrogen) atoms. The van der Waals surface area contributed by atoms with E-state index in [4.69, 9.17) is 0 Å². The van der Waals surface area contributed by atoms with Gasteiger partial charge >= 0.3 is 0 Å². The number of hydrogen-bond donors (Lipinski definition) is 12. The van der Waals surface area contributed by atoms with Gasteiger partial charge in [0.15, 0.2) is 23.3 Å². The van der Waals surface area contributed by atoms with Crippen LogP contribution in [0, 0.1) is 0 Å². The predicted octanol–water partition coefficient (Wildman–Crippen LogP) is 17.9. The van der Waals surface area contributed by atoms with E-state index in [1.54, 1.807) is 85.5 Å². The van der Waals surface area contributed by atoms with Gasteiger partial charge in [0, 0.05) is 35.1 Å². The molecule has 0 saturated heterocycles. The summed E-state index contributed by atoms with van der Waals surface area (Å²) in [6.07, 6.45) is 5.13. The summed E-state index contributed by atoms with van der Waals surface area (Å²) in [7, 11) is 0. The molecule has 0 bridgehead atoms. The standard InChI is InChI=1S/C30H25N3O3.C28H27N3O3.C27H25N3O3.C26H23N3O3/c34-19-20-10-14-23(15-11-20)26-18-31-30(28(32-26)29(36)24-7-2-1-3-8-24)33-27(35)17-21-12-13-22-6-4-5-9-25(22)16-21;32-19-21-14-16-22(17-15-21)24-18-29-28(26(30-24)27(34)23-11-5-2-6-12-23)31-25(33)13-7-10-20-8-3-1-4-9-20;31-18-20-11-14-21(15-12-20)23-17-28-27(25(29-23)26(33)22-9-5-2-6-10-22)30-24(32)16-13-19-7-3-1-4-8-19;30-17-19-11-13-20(14-12-19)22-16-27-26(29-23(31)15-18-7-3-1-4-8-18)24(28-22)25(32)21-9-5-2-6-10-21/h1-16,18,29,34,36H,17,19H2,(H,31,33,35);1-6,8-9,11-12,14-18,27,32,34H,7,10,13,19H2,(H,29,31,33);1-12,14-15,17,26,31,33H,13,16,18H2,(H,28,30,32);1-14,16,25,30,32H,15,17H2,(H,27,29,31). The number of fused-ring (bicyclic) bond motifs is 1. The van der Waals surface area contributed by atoms with E-state index < -0.39 is 24.4 Å². The van der Waals surface area contributed by atoms with E-state index in [2.05, 4.69) is 61.1 Å². The molecular weight excluding hydrogens is 1690 g/mol. The van der Waals surface area contributed by atoms with Crippen LogP contribution < -0.4 is 21.3 Å². The molecule has 0 aliphatic carbocycles. The minimum atomic E-state index is -1.08. The smallest absolute Gasteiger partial charge is 0.229 e. The maximum Gasteiger partial charge on any atom is 0.229 e. The fourth-order valence-corrected chi connectivity index (χ4v) is 14.7. The first-order valence-corrected chi connectivity index (χ1v) is 44.0. The van der Waals surface area contributed by atoms with Crippen LogP contribution in [-0.2, 0) is 71.3 Å². The van der Waals surface area contributed by atoms with Crippen LogP contribution in [0.3, 0.4) is 0 Å². The third-order valence-electron chi connectivity index (χ3n) is 22.0. The van der Waals surface area contributed by atoms with Crippen molar-refractivity contribution < 1.29 is 60.0 Å². The summed E-state index contributed by atoms with van der Waals surface area (Å²) in [5.74, 6) is 0.0533. The number of carbonyl (C=O) groups is 4. The van der Waals surface area contributed by atoms with Gasteiger partial charge in [-0.2, -0.15) is 0 Å². The van der Waals surface area contributed by atoms with Crippen molar-refractivity contribution >= 4 is 57.7 Å². The predicted molar refractivity (Wildman–Crippen MR) is 522 cm³/mol. The van der Waals surface area contributed by atoms with Crippen LogP contribution in [-0.4, -0.2) is 104 Å². The number of aryl methyl sites for hydroxylation is 2. The topological polar surface area (TPSA) is 381 Å². The molecule has 13 aromatic carbocycles. The minimum Gasteiger partial charge on any atom is -0.392 e. The van der Waals surface area contributed by atoms with Gasteiger partial charge in [0.05, 0.1) is 86.8 Å². The number of nitrogens with zero attached hydrogens (tertiary/aromatic N) is 8. The van der Waals surface area contributed by atoms with E-state index in [1.807, 2.05) is 291 Å². The average molecular weight is 1790 g/mol. The SMILES string of the molecule is O=C(CCCc1ccccc1)Nc1ncc(-c2ccc(CO)cc2)nc1C(O)c1ccccc1.O=C(CCc1ccccc1)Nc1ncc(-c2ccc(CO)cc2)nc1C(O)c1ccccc1.O=C(Cc1ccc2ccccc2c1)Nc1ncc(-c2ccc(CO)cc2)nc1C(O)c1ccccc1.O=C(Cc1ccccc1)Nc1ncc(-c2ccc(CO)cc2)nc1C(O)c1ccccc1. The highest BCUT2D eigenvalue weighted by molar-refractivity contribution is 5.95. The van der Waals surface area contributed by atoms with Gasteiger partial charge in [-0.3, -0.25) is 19.2 Å². The Hall–Kier alpha value is -16.0. The first kappa shape index (κ1) is 95.1. The molecule has 4 aromatic heterocycles. The average Bonchev–Trinajstić information content (AvgIpc) is 0.813. The second kappa shape index (κ2) is 48.2. The van der Waals surface area contributed by atoms with Crippen LogP contribution in [0.4, 0.5) is 23.3 Å². The third-order valence-corrected chi connectivity index (χ3v) is 22.0. The van der Waals surface area contributed by atoms with Crippen molar-refractivity contribution in [2.45, 2.75) is 95.8 Å². The Morgan fingerprint density at radius 1 is 0.244 bits per heavy atom. The van der Waals surface area contributed by atoms with Gasteiger partial charge in [0.25, 0.3) is 0 Å². The van der Waals surface area contributed by atoms with Crippen molar-refractivity contribution in [2.24, 2.45) is 0 Å². The van der Waals surface area contributed by atoms with Crippen molar-refractivity contribution in [3.05, 3.63) is 466 Å². The molecular formula is C111H100N12O12. The van der Waals surface area contributed by atoms with Crippen molar-refractivity contribution in [2.75, 3.05) is 21.3 Å². The molecule has 0 aliphatic heterocycles. The van der Waals surface area contributed by atoms with E-state index in [0.717, 1.165) is 78.4 Å². The number of benzene rings is 13. The second-order valence-electron chi connectivity index (χ2n) is 31.7. The maximum absolute atomic E-state index is 13.0. The largest absolute Gasteiger partial charge is 0.392 e. The molecule has 4 heterocycles. The summed E-state index contributed by atoms with van der Waals surface area (Å²) in [5.41, 5.74) is 16.3. The van der Waals surface area contributed by atoms with Crippen molar-refractivity contribution in [1.82, 2.24) is 39.9 Å². The highest BCUT2D eigenvalue weighted by Crippen LogP contribution is 2.35. The van der Waals surface area contributed by atoms with Crippen LogP contribution in [0.15, 0.2) is 377 Å². The van der Waals surface area contributed by atoms with E-state index >= 15 is 0 Å². The van der Waals surface area contributed by atoms with Gasteiger partial charge in [-0.1, -0.05) is 352 Å². The molecule has 24 nitrogen and oxygen atoms in total. The molecule has 4 unspecified atom stereocenters. The lowest BCUT2D eigenvalue weighted by Gasteiger charge is -2.16. The number of aliphatic hydroxyl groups excluding tert-OH is 8. The Morgan fingerprint density at radius 2 is 0.496 bits per heavy atom. The normalized spacial score (nSPS) is 11.7. The monoisotopic (exact) mass is 1790 g/mol. The Morgan fingerprint density at radius 3 is 0.807 bits per heavy atom. The molecule has 4 amide bonds. The van der Waals surface area contributed by atoms with Gasteiger partial charge < -0.3 is 62.1 Å². The summed E-state index contributed by atoms with van der Waals surface area (Å²) >= 11 is 0. The van der Waals surface area contributed by atoms with E-state index in [-0.39, 0.29) is 115 Å².